The maximum Gasteiger partial charge on any atom is 0.194 e. The molecule has 152 valence electrons. The largest absolute Gasteiger partial charge is 0.492 e. The molecule has 2 aliphatic rings. The molecule has 0 bridgehead atoms. The van der Waals surface area contributed by atoms with Gasteiger partial charge in [-0.05, 0) is 44.0 Å². The van der Waals surface area contributed by atoms with Gasteiger partial charge in [0.15, 0.2) is 5.96 Å². The normalized spacial score (nSPS) is 23.0. The molecule has 0 radical (unpaired) electrons. The average molecular weight is 510 g/mol. The molecule has 0 aromatic heterocycles. The lowest BCUT2D eigenvalue weighted by Crippen LogP contribution is -2.53. The molecule has 27 heavy (non-hydrogen) atoms. The minimum Gasteiger partial charge on any atom is -0.492 e. The Labute approximate surface area is 183 Å². The molecular formula is C19H29ClIN3O3. The van der Waals surface area contributed by atoms with Crippen LogP contribution in [0.5, 0.6) is 5.75 Å². The van der Waals surface area contributed by atoms with Crippen LogP contribution < -0.4 is 10.1 Å². The molecule has 2 heterocycles. The van der Waals surface area contributed by atoms with E-state index in [1.54, 1.807) is 0 Å². The molecule has 0 spiro atoms. The SMILES string of the molecule is CCNC(=NCCOc1ccc(Cl)cc1)N1CCOC(C2CCCO2)C1.I. The van der Waals surface area contributed by atoms with Crippen molar-refractivity contribution in [3.8, 4) is 5.75 Å². The van der Waals surface area contributed by atoms with E-state index < -0.39 is 0 Å². The van der Waals surface area contributed by atoms with E-state index in [0.29, 0.717) is 24.8 Å². The Morgan fingerprint density at radius 3 is 2.74 bits per heavy atom. The van der Waals surface area contributed by atoms with Crippen molar-refractivity contribution in [3.05, 3.63) is 29.3 Å². The van der Waals surface area contributed by atoms with E-state index in [1.807, 2.05) is 24.3 Å². The number of halogens is 2. The van der Waals surface area contributed by atoms with Crippen LogP contribution in [0.15, 0.2) is 29.3 Å². The number of benzene rings is 1. The molecule has 2 aliphatic heterocycles. The topological polar surface area (TPSA) is 55.3 Å². The summed E-state index contributed by atoms with van der Waals surface area (Å²) in [4.78, 5) is 6.98. The third-order valence-corrected chi connectivity index (χ3v) is 4.79. The van der Waals surface area contributed by atoms with Gasteiger partial charge in [0.2, 0.25) is 0 Å². The monoisotopic (exact) mass is 509 g/mol. The average Bonchev–Trinajstić information content (AvgIpc) is 3.21. The van der Waals surface area contributed by atoms with Crippen LogP contribution in [0.1, 0.15) is 19.8 Å². The summed E-state index contributed by atoms with van der Waals surface area (Å²) in [7, 11) is 0. The summed E-state index contributed by atoms with van der Waals surface area (Å²) in [6.45, 7) is 7.23. The number of morpholine rings is 1. The van der Waals surface area contributed by atoms with E-state index in [0.717, 1.165) is 50.8 Å². The number of nitrogens with one attached hydrogen (secondary N) is 1. The van der Waals surface area contributed by atoms with Crippen molar-refractivity contribution in [1.29, 1.82) is 0 Å². The second kappa shape index (κ2) is 11.9. The Kier molecular flexibility index (Phi) is 9.95. The molecular weight excluding hydrogens is 481 g/mol. The number of hydrogen-bond donors (Lipinski definition) is 1. The van der Waals surface area contributed by atoms with Gasteiger partial charge in [0.25, 0.3) is 0 Å². The number of nitrogens with zero attached hydrogens (tertiary/aromatic N) is 2. The van der Waals surface area contributed by atoms with Crippen molar-refractivity contribution in [2.45, 2.75) is 32.0 Å². The number of rotatable bonds is 6. The maximum absolute atomic E-state index is 5.93. The van der Waals surface area contributed by atoms with E-state index >= 15 is 0 Å². The van der Waals surface area contributed by atoms with Crippen LogP contribution >= 0.6 is 35.6 Å². The number of hydrogen-bond acceptors (Lipinski definition) is 4. The van der Waals surface area contributed by atoms with E-state index in [1.165, 1.54) is 0 Å². The molecule has 0 amide bonds. The Hall–Kier alpha value is -0.770. The zero-order valence-electron chi connectivity index (χ0n) is 15.7. The van der Waals surface area contributed by atoms with Crippen LogP contribution in [0.4, 0.5) is 0 Å². The van der Waals surface area contributed by atoms with Gasteiger partial charge in [-0.25, -0.2) is 4.99 Å². The van der Waals surface area contributed by atoms with Crippen molar-refractivity contribution in [3.63, 3.8) is 0 Å². The molecule has 2 atom stereocenters. The number of guanidine groups is 1. The lowest BCUT2D eigenvalue weighted by Gasteiger charge is -2.37. The van der Waals surface area contributed by atoms with Gasteiger partial charge >= 0.3 is 0 Å². The molecule has 2 saturated heterocycles. The lowest BCUT2D eigenvalue weighted by atomic mass is 10.1. The molecule has 8 heteroatoms. The van der Waals surface area contributed by atoms with Gasteiger partial charge in [-0.1, -0.05) is 11.6 Å². The minimum atomic E-state index is 0. The summed E-state index contributed by atoms with van der Waals surface area (Å²) < 4.78 is 17.4. The minimum absolute atomic E-state index is 0. The third-order valence-electron chi connectivity index (χ3n) is 4.54. The summed E-state index contributed by atoms with van der Waals surface area (Å²) in [6.07, 6.45) is 2.55. The predicted octanol–water partition coefficient (Wildman–Crippen LogP) is 3.18. The quantitative estimate of drug-likeness (QED) is 0.276. The fraction of sp³-hybridized carbons (Fsp3) is 0.632. The Morgan fingerprint density at radius 1 is 1.26 bits per heavy atom. The van der Waals surface area contributed by atoms with E-state index in [4.69, 9.17) is 30.8 Å². The van der Waals surface area contributed by atoms with Crippen LogP contribution in [0, 0.1) is 0 Å². The second-order valence-corrected chi connectivity index (χ2v) is 6.88. The molecule has 1 aromatic rings. The molecule has 3 rings (SSSR count). The number of ether oxygens (including phenoxy) is 3. The van der Waals surface area contributed by atoms with E-state index in [2.05, 4.69) is 17.1 Å². The lowest BCUT2D eigenvalue weighted by molar-refractivity contribution is -0.0817. The summed E-state index contributed by atoms with van der Waals surface area (Å²) in [5.41, 5.74) is 0. The van der Waals surface area contributed by atoms with Gasteiger partial charge in [0, 0.05) is 31.3 Å². The Balaban J connectivity index is 0.00000261. The second-order valence-electron chi connectivity index (χ2n) is 6.44. The molecule has 0 saturated carbocycles. The van der Waals surface area contributed by atoms with Crippen LogP contribution in [-0.4, -0.2) is 69.1 Å². The fourth-order valence-corrected chi connectivity index (χ4v) is 3.39. The van der Waals surface area contributed by atoms with Crippen molar-refractivity contribution in [1.82, 2.24) is 10.2 Å². The summed E-state index contributed by atoms with van der Waals surface area (Å²) in [5.74, 6) is 1.72. The van der Waals surface area contributed by atoms with Gasteiger partial charge in [-0.3, -0.25) is 0 Å². The summed E-state index contributed by atoms with van der Waals surface area (Å²) >= 11 is 5.88. The molecule has 6 nitrogen and oxygen atoms in total. The maximum atomic E-state index is 5.93. The van der Waals surface area contributed by atoms with Gasteiger partial charge in [0.05, 0.1) is 19.3 Å². The highest BCUT2D eigenvalue weighted by molar-refractivity contribution is 14.0. The third kappa shape index (κ3) is 6.96. The zero-order valence-corrected chi connectivity index (χ0v) is 18.8. The highest BCUT2D eigenvalue weighted by atomic mass is 127. The van der Waals surface area contributed by atoms with Crippen LogP contribution in [-0.2, 0) is 9.47 Å². The zero-order chi connectivity index (χ0) is 18.2. The van der Waals surface area contributed by atoms with Crippen molar-refractivity contribution < 1.29 is 14.2 Å². The summed E-state index contributed by atoms with van der Waals surface area (Å²) in [5, 5.41) is 4.08. The van der Waals surface area contributed by atoms with Gasteiger partial charge in [-0.15, -0.1) is 24.0 Å². The van der Waals surface area contributed by atoms with Crippen molar-refractivity contribution in [2.24, 2.45) is 4.99 Å². The molecule has 0 aliphatic carbocycles. The first-order valence-corrected chi connectivity index (χ1v) is 9.79. The molecule has 2 fully saturated rings. The van der Waals surface area contributed by atoms with Crippen molar-refractivity contribution >= 4 is 41.5 Å². The standard InChI is InChI=1S/C19H28ClN3O3.HI/c1-2-21-19(22-9-12-24-16-7-5-15(20)6-8-16)23-10-13-26-18(14-23)17-4-3-11-25-17;/h5-8,17-18H,2-4,9-14H2,1H3,(H,21,22);1H. The van der Waals surface area contributed by atoms with Gasteiger partial charge < -0.3 is 24.4 Å². The van der Waals surface area contributed by atoms with E-state index in [9.17, 15) is 0 Å². The van der Waals surface area contributed by atoms with E-state index in [-0.39, 0.29) is 36.2 Å². The first-order chi connectivity index (χ1) is 12.8. The fourth-order valence-electron chi connectivity index (χ4n) is 3.26. The van der Waals surface area contributed by atoms with Gasteiger partial charge in [-0.2, -0.15) is 0 Å². The van der Waals surface area contributed by atoms with Crippen LogP contribution in [0.3, 0.4) is 0 Å². The molecule has 2 unspecified atom stereocenters. The molecule has 1 N–H and O–H groups in total. The highest BCUT2D eigenvalue weighted by Crippen LogP contribution is 2.21. The summed E-state index contributed by atoms with van der Waals surface area (Å²) in [6, 6.07) is 7.38. The van der Waals surface area contributed by atoms with Crippen LogP contribution in [0.2, 0.25) is 5.02 Å². The van der Waals surface area contributed by atoms with Crippen LogP contribution in [0.25, 0.3) is 0 Å². The van der Waals surface area contributed by atoms with Crippen molar-refractivity contribution in [2.75, 3.05) is 46.0 Å². The Bertz CT molecular complexity index is 582. The Morgan fingerprint density at radius 2 is 2.04 bits per heavy atom. The molecule has 1 aromatic carbocycles. The first kappa shape index (κ1) is 22.5. The number of aliphatic imine (C=N–C) groups is 1. The smallest absolute Gasteiger partial charge is 0.194 e. The highest BCUT2D eigenvalue weighted by Gasteiger charge is 2.32. The predicted molar refractivity (Wildman–Crippen MR) is 119 cm³/mol. The van der Waals surface area contributed by atoms with Gasteiger partial charge in [0.1, 0.15) is 18.5 Å². The first-order valence-electron chi connectivity index (χ1n) is 9.41.